The number of nitrogens with zero attached hydrogens (tertiary/aromatic N) is 2. The van der Waals surface area contributed by atoms with Crippen LogP contribution in [0, 0.1) is 13.8 Å². The molecule has 0 saturated heterocycles. The van der Waals surface area contributed by atoms with Crippen LogP contribution in [-0.2, 0) is 32.6 Å². The van der Waals surface area contributed by atoms with E-state index in [1.165, 1.54) is 30.2 Å². The van der Waals surface area contributed by atoms with E-state index < -0.39 is 28.5 Å². The van der Waals surface area contributed by atoms with Crippen LogP contribution in [0.4, 0.5) is 5.69 Å². The molecule has 1 N–H and O–H groups in total. The second-order valence-corrected chi connectivity index (χ2v) is 13.8. The standard InChI is InChI=1S/C36H40ClN3O5S/c1-25(2)38-36(42)33(21-28-12-7-6-8-13-28)39(23-29-14-10-9-11-27(29)4)35(41)24-40(32-22-30(37)17-20-34(32)45-5)46(43,44)31-18-15-26(3)16-19-31/h6-20,22,25,33H,21,23-24H2,1-5H3,(H,38,42)/t33-/m0/s1. The molecule has 0 unspecified atom stereocenters. The van der Waals surface area contributed by atoms with Gasteiger partial charge in [-0.25, -0.2) is 8.42 Å². The van der Waals surface area contributed by atoms with Gasteiger partial charge in [0, 0.05) is 24.0 Å². The third kappa shape index (κ3) is 8.47. The molecular weight excluding hydrogens is 622 g/mol. The Morgan fingerprint density at radius 1 is 0.891 bits per heavy atom. The molecule has 8 nitrogen and oxygen atoms in total. The highest BCUT2D eigenvalue weighted by atomic mass is 35.5. The van der Waals surface area contributed by atoms with Gasteiger partial charge in [0.15, 0.2) is 0 Å². The fourth-order valence-electron chi connectivity index (χ4n) is 5.11. The van der Waals surface area contributed by atoms with Gasteiger partial charge in [-0.3, -0.25) is 13.9 Å². The topological polar surface area (TPSA) is 96.0 Å². The number of amides is 2. The molecule has 10 heteroatoms. The summed E-state index contributed by atoms with van der Waals surface area (Å²) in [6.07, 6.45) is 0.224. The first-order valence-corrected chi connectivity index (χ1v) is 16.8. The van der Waals surface area contributed by atoms with Crippen LogP contribution < -0.4 is 14.4 Å². The van der Waals surface area contributed by atoms with Crippen molar-refractivity contribution < 1.29 is 22.7 Å². The van der Waals surface area contributed by atoms with Crippen molar-refractivity contribution in [3.8, 4) is 5.75 Å². The van der Waals surface area contributed by atoms with E-state index in [1.807, 2.05) is 82.3 Å². The number of hydrogen-bond acceptors (Lipinski definition) is 5. The average Bonchev–Trinajstić information content (AvgIpc) is 3.02. The summed E-state index contributed by atoms with van der Waals surface area (Å²) < 4.78 is 35.2. The third-order valence-corrected chi connectivity index (χ3v) is 9.61. The van der Waals surface area contributed by atoms with Gasteiger partial charge < -0.3 is 15.0 Å². The Bertz CT molecular complexity index is 1760. The van der Waals surface area contributed by atoms with E-state index in [9.17, 15) is 18.0 Å². The van der Waals surface area contributed by atoms with Gasteiger partial charge in [0.2, 0.25) is 11.8 Å². The predicted molar refractivity (Wildman–Crippen MR) is 183 cm³/mol. The monoisotopic (exact) mass is 661 g/mol. The van der Waals surface area contributed by atoms with Crippen molar-refractivity contribution in [3.63, 3.8) is 0 Å². The van der Waals surface area contributed by atoms with Crippen molar-refractivity contribution in [3.05, 3.63) is 124 Å². The molecule has 4 rings (SSSR count). The van der Waals surface area contributed by atoms with Crippen molar-refractivity contribution in [2.75, 3.05) is 18.0 Å². The van der Waals surface area contributed by atoms with Crippen molar-refractivity contribution in [2.24, 2.45) is 0 Å². The number of nitrogens with one attached hydrogen (secondary N) is 1. The average molecular weight is 662 g/mol. The Hall–Kier alpha value is -4.34. The predicted octanol–water partition coefficient (Wildman–Crippen LogP) is 6.33. The first-order chi connectivity index (χ1) is 21.9. The van der Waals surface area contributed by atoms with Crippen LogP contribution >= 0.6 is 11.6 Å². The number of benzene rings is 4. The molecule has 2 amide bonds. The van der Waals surface area contributed by atoms with E-state index in [-0.39, 0.29) is 46.3 Å². The maximum Gasteiger partial charge on any atom is 0.264 e. The summed E-state index contributed by atoms with van der Waals surface area (Å²) in [5.74, 6) is -0.688. The van der Waals surface area contributed by atoms with Crippen LogP contribution in [0.3, 0.4) is 0 Å². The lowest BCUT2D eigenvalue weighted by atomic mass is 10.0. The maximum absolute atomic E-state index is 14.6. The molecule has 4 aromatic rings. The molecule has 0 saturated carbocycles. The zero-order valence-electron chi connectivity index (χ0n) is 26.7. The van der Waals surface area contributed by atoms with Crippen LogP contribution in [0.25, 0.3) is 0 Å². The highest BCUT2D eigenvalue weighted by Gasteiger charge is 2.36. The van der Waals surface area contributed by atoms with Crippen LogP contribution in [0.2, 0.25) is 5.02 Å². The number of hydrogen-bond donors (Lipinski definition) is 1. The number of rotatable bonds is 13. The maximum atomic E-state index is 14.6. The molecule has 0 spiro atoms. The fourth-order valence-corrected chi connectivity index (χ4v) is 6.70. The molecule has 0 radical (unpaired) electrons. The molecule has 0 aliphatic carbocycles. The summed E-state index contributed by atoms with van der Waals surface area (Å²) >= 11 is 6.36. The Morgan fingerprint density at radius 3 is 2.17 bits per heavy atom. The number of carbonyl (C=O) groups excluding carboxylic acids is 2. The Labute approximate surface area is 277 Å². The summed E-state index contributed by atoms with van der Waals surface area (Å²) in [4.78, 5) is 30.0. The summed E-state index contributed by atoms with van der Waals surface area (Å²) in [6, 6.07) is 26.9. The van der Waals surface area contributed by atoms with Gasteiger partial charge in [0.1, 0.15) is 18.3 Å². The number of anilines is 1. The minimum Gasteiger partial charge on any atom is -0.495 e. The number of aryl methyl sites for hydroxylation is 2. The zero-order chi connectivity index (χ0) is 33.4. The SMILES string of the molecule is COc1ccc(Cl)cc1N(CC(=O)N(Cc1ccccc1C)[C@@H](Cc1ccccc1)C(=O)NC(C)C)S(=O)(=O)c1ccc(C)cc1. The number of ether oxygens (including phenoxy) is 1. The van der Waals surface area contributed by atoms with Gasteiger partial charge in [-0.1, -0.05) is 83.9 Å². The van der Waals surface area contributed by atoms with E-state index in [4.69, 9.17) is 16.3 Å². The number of sulfonamides is 1. The van der Waals surface area contributed by atoms with Gasteiger partial charge in [-0.15, -0.1) is 0 Å². The number of methoxy groups -OCH3 is 1. The molecule has 0 bridgehead atoms. The van der Waals surface area contributed by atoms with Crippen molar-refractivity contribution >= 4 is 39.1 Å². The van der Waals surface area contributed by atoms with E-state index in [2.05, 4.69) is 5.32 Å². The zero-order valence-corrected chi connectivity index (χ0v) is 28.3. The molecular formula is C36H40ClN3O5S. The molecule has 0 aliphatic rings. The smallest absolute Gasteiger partial charge is 0.264 e. The van der Waals surface area contributed by atoms with Crippen LogP contribution in [0.1, 0.15) is 36.1 Å². The van der Waals surface area contributed by atoms with Gasteiger partial charge in [0.25, 0.3) is 10.0 Å². The summed E-state index contributed by atoms with van der Waals surface area (Å²) in [5, 5.41) is 3.23. The second-order valence-electron chi connectivity index (χ2n) is 11.5. The molecule has 0 aromatic heterocycles. The minimum atomic E-state index is -4.31. The quantitative estimate of drug-likeness (QED) is 0.181. The molecule has 0 aliphatic heterocycles. The largest absolute Gasteiger partial charge is 0.495 e. The van der Waals surface area contributed by atoms with E-state index in [1.54, 1.807) is 24.3 Å². The highest BCUT2D eigenvalue weighted by molar-refractivity contribution is 7.92. The molecule has 242 valence electrons. The second kappa shape index (κ2) is 15.3. The first kappa shape index (κ1) is 34.5. The molecule has 0 heterocycles. The van der Waals surface area contributed by atoms with E-state index >= 15 is 0 Å². The van der Waals surface area contributed by atoms with E-state index in [0.717, 1.165) is 26.6 Å². The van der Waals surface area contributed by atoms with Crippen molar-refractivity contribution in [1.29, 1.82) is 0 Å². The molecule has 46 heavy (non-hydrogen) atoms. The molecule has 0 fully saturated rings. The van der Waals surface area contributed by atoms with Gasteiger partial charge in [-0.05, 0) is 74.7 Å². The Kier molecular flexibility index (Phi) is 11.5. The van der Waals surface area contributed by atoms with Crippen LogP contribution in [-0.4, -0.2) is 50.9 Å². The van der Waals surface area contributed by atoms with Gasteiger partial charge in [0.05, 0.1) is 17.7 Å². The van der Waals surface area contributed by atoms with Gasteiger partial charge in [-0.2, -0.15) is 0 Å². The fraction of sp³-hybridized carbons (Fsp3) is 0.278. The lowest BCUT2D eigenvalue weighted by Gasteiger charge is -2.34. The van der Waals surface area contributed by atoms with Gasteiger partial charge >= 0.3 is 0 Å². The van der Waals surface area contributed by atoms with E-state index in [0.29, 0.717) is 0 Å². The number of halogens is 1. The van der Waals surface area contributed by atoms with Crippen LogP contribution in [0.5, 0.6) is 5.75 Å². The molecule has 4 aromatic carbocycles. The highest BCUT2D eigenvalue weighted by Crippen LogP contribution is 2.35. The Morgan fingerprint density at radius 2 is 1.54 bits per heavy atom. The van der Waals surface area contributed by atoms with Crippen molar-refractivity contribution in [2.45, 2.75) is 57.6 Å². The number of carbonyl (C=O) groups is 2. The summed E-state index contributed by atoms with van der Waals surface area (Å²) in [6.45, 7) is 6.97. The van der Waals surface area contributed by atoms with Crippen LogP contribution in [0.15, 0.2) is 102 Å². The lowest BCUT2D eigenvalue weighted by molar-refractivity contribution is -0.140. The van der Waals surface area contributed by atoms with Crippen molar-refractivity contribution in [1.82, 2.24) is 10.2 Å². The molecule has 1 atom stereocenters. The Balaban J connectivity index is 1.86. The lowest BCUT2D eigenvalue weighted by Crippen LogP contribution is -2.54. The normalized spacial score (nSPS) is 12.0. The first-order valence-electron chi connectivity index (χ1n) is 15.0. The summed E-state index contributed by atoms with van der Waals surface area (Å²) in [7, 11) is -2.89. The third-order valence-electron chi connectivity index (χ3n) is 7.60. The summed E-state index contributed by atoms with van der Waals surface area (Å²) in [5.41, 5.74) is 3.61. The minimum absolute atomic E-state index is 0.00299.